The summed E-state index contributed by atoms with van der Waals surface area (Å²) in [4.78, 5) is 23.1. The first kappa shape index (κ1) is 20.9. The van der Waals surface area contributed by atoms with Crippen LogP contribution in [0.4, 0.5) is 14.5 Å². The smallest absolute Gasteiger partial charge is 0.258 e. The largest absolute Gasteiger partial charge is 0.369 e. The molecule has 0 saturated carbocycles. The van der Waals surface area contributed by atoms with Gasteiger partial charge in [-0.3, -0.25) is 9.59 Å². The topological polar surface area (TPSA) is 110 Å². The van der Waals surface area contributed by atoms with Gasteiger partial charge in [0.15, 0.2) is 0 Å². The molecule has 3 rings (SSSR count). The molecule has 2 aromatic rings. The summed E-state index contributed by atoms with van der Waals surface area (Å²) in [5, 5.41) is 2.23. The van der Waals surface area contributed by atoms with Gasteiger partial charge in [-0.1, -0.05) is 12.1 Å². The Hall–Kier alpha value is -2.85. The van der Waals surface area contributed by atoms with Gasteiger partial charge < -0.3 is 11.1 Å². The lowest BCUT2D eigenvalue weighted by molar-refractivity contribution is -0.122. The van der Waals surface area contributed by atoms with E-state index in [0.29, 0.717) is 12.8 Å². The van der Waals surface area contributed by atoms with Crippen molar-refractivity contribution in [3.8, 4) is 0 Å². The van der Waals surface area contributed by atoms with Crippen molar-refractivity contribution in [2.75, 3.05) is 18.4 Å². The van der Waals surface area contributed by atoms with Crippen LogP contribution < -0.4 is 11.1 Å². The summed E-state index contributed by atoms with van der Waals surface area (Å²) >= 11 is 0. The van der Waals surface area contributed by atoms with E-state index in [1.165, 1.54) is 22.5 Å². The second kappa shape index (κ2) is 8.26. The first-order chi connectivity index (χ1) is 13.7. The van der Waals surface area contributed by atoms with E-state index >= 15 is 0 Å². The van der Waals surface area contributed by atoms with Gasteiger partial charge in [0.05, 0.1) is 16.1 Å². The number of nitrogens with zero attached hydrogens (tertiary/aromatic N) is 1. The molecule has 0 unspecified atom stereocenters. The number of primary amides is 1. The van der Waals surface area contributed by atoms with Crippen molar-refractivity contribution in [3.63, 3.8) is 0 Å². The van der Waals surface area contributed by atoms with Crippen LogP contribution >= 0.6 is 0 Å². The number of halogens is 2. The van der Waals surface area contributed by atoms with Gasteiger partial charge in [0, 0.05) is 19.0 Å². The van der Waals surface area contributed by atoms with E-state index in [9.17, 15) is 26.8 Å². The van der Waals surface area contributed by atoms with Gasteiger partial charge in [-0.15, -0.1) is 0 Å². The first-order valence-corrected chi connectivity index (χ1v) is 10.3. The normalized spacial score (nSPS) is 15.8. The van der Waals surface area contributed by atoms with Crippen LogP contribution in [0.2, 0.25) is 0 Å². The Morgan fingerprint density at radius 1 is 1.03 bits per heavy atom. The lowest BCUT2D eigenvalue weighted by Crippen LogP contribution is -2.41. The van der Waals surface area contributed by atoms with E-state index < -0.39 is 33.5 Å². The second-order valence-electron chi connectivity index (χ2n) is 6.66. The van der Waals surface area contributed by atoms with Crippen molar-refractivity contribution in [3.05, 3.63) is 59.7 Å². The van der Waals surface area contributed by atoms with Crippen molar-refractivity contribution in [1.29, 1.82) is 0 Å². The predicted octanol–water partition coefficient (Wildman–Crippen LogP) is 2.10. The molecule has 2 amide bonds. The molecule has 3 N–H and O–H groups in total. The highest BCUT2D eigenvalue weighted by molar-refractivity contribution is 7.89. The number of hydrogen-bond donors (Lipinski definition) is 2. The van der Waals surface area contributed by atoms with Crippen molar-refractivity contribution in [1.82, 2.24) is 4.31 Å². The number of sulfonamides is 1. The summed E-state index contributed by atoms with van der Waals surface area (Å²) in [6.45, 7) is 0.201. The summed E-state index contributed by atoms with van der Waals surface area (Å²) in [7, 11) is -3.97. The van der Waals surface area contributed by atoms with E-state index in [1.54, 1.807) is 0 Å². The summed E-state index contributed by atoms with van der Waals surface area (Å²) in [6, 6.07) is 8.29. The fourth-order valence-corrected chi connectivity index (χ4v) is 4.60. The lowest BCUT2D eigenvalue weighted by Gasteiger charge is -2.29. The standard InChI is InChI=1S/C19H19F2N3O4S/c20-15-4-2-1-3-14(15)19(26)23-17-6-5-13(11-16(17)21)29(27,28)24-9-7-12(8-10-24)18(22)25/h1-6,11-12H,7-10H2,(H2,22,25)(H,23,26). The molecule has 0 spiro atoms. The molecule has 154 valence electrons. The number of anilines is 1. The average Bonchev–Trinajstić information content (AvgIpc) is 2.69. The van der Waals surface area contributed by atoms with Gasteiger partial charge in [-0.2, -0.15) is 4.31 Å². The average molecular weight is 423 g/mol. The minimum atomic E-state index is -3.97. The van der Waals surface area contributed by atoms with Crippen LogP contribution in [0.1, 0.15) is 23.2 Å². The van der Waals surface area contributed by atoms with Crippen LogP contribution in [0, 0.1) is 17.6 Å². The second-order valence-corrected chi connectivity index (χ2v) is 8.59. The molecule has 7 nitrogen and oxygen atoms in total. The highest BCUT2D eigenvalue weighted by atomic mass is 32.2. The van der Waals surface area contributed by atoms with Crippen LogP contribution in [0.15, 0.2) is 47.4 Å². The van der Waals surface area contributed by atoms with E-state index in [1.807, 2.05) is 0 Å². The van der Waals surface area contributed by atoms with Crippen molar-refractivity contribution in [2.45, 2.75) is 17.7 Å². The minimum Gasteiger partial charge on any atom is -0.369 e. The number of carbonyl (C=O) groups is 2. The molecule has 0 aliphatic carbocycles. The maximum Gasteiger partial charge on any atom is 0.258 e. The summed E-state index contributed by atoms with van der Waals surface area (Å²) in [5.74, 6) is -3.44. The number of carbonyl (C=O) groups excluding carboxylic acids is 2. The maximum atomic E-state index is 14.4. The fraction of sp³-hybridized carbons (Fsp3) is 0.263. The quantitative estimate of drug-likeness (QED) is 0.767. The molecule has 1 aliphatic heterocycles. The van der Waals surface area contributed by atoms with Gasteiger partial charge in [0.25, 0.3) is 5.91 Å². The molecular weight excluding hydrogens is 404 g/mol. The number of nitrogens with one attached hydrogen (secondary N) is 1. The Labute approximate surface area is 166 Å². The molecule has 1 heterocycles. The van der Waals surface area contributed by atoms with Crippen LogP contribution in [0.3, 0.4) is 0 Å². The van der Waals surface area contributed by atoms with Crippen molar-refractivity contribution < 1.29 is 26.8 Å². The molecule has 10 heteroatoms. The predicted molar refractivity (Wildman–Crippen MR) is 101 cm³/mol. The number of piperidine rings is 1. The van der Waals surface area contributed by atoms with E-state index in [0.717, 1.165) is 24.3 Å². The molecule has 1 aliphatic rings. The Kier molecular flexibility index (Phi) is 5.94. The maximum absolute atomic E-state index is 14.4. The minimum absolute atomic E-state index is 0.101. The van der Waals surface area contributed by atoms with E-state index in [2.05, 4.69) is 5.32 Å². The number of benzene rings is 2. The highest BCUT2D eigenvalue weighted by Gasteiger charge is 2.31. The van der Waals surface area contributed by atoms with Crippen molar-refractivity contribution in [2.24, 2.45) is 11.7 Å². The Morgan fingerprint density at radius 2 is 1.69 bits per heavy atom. The summed E-state index contributed by atoms with van der Waals surface area (Å²) < 4.78 is 54.7. The molecule has 29 heavy (non-hydrogen) atoms. The third-order valence-corrected chi connectivity index (χ3v) is 6.70. The Morgan fingerprint density at radius 3 is 2.28 bits per heavy atom. The van der Waals surface area contributed by atoms with Gasteiger partial charge in [-0.25, -0.2) is 17.2 Å². The van der Waals surface area contributed by atoms with Crippen LogP contribution in [-0.4, -0.2) is 37.6 Å². The molecule has 0 radical (unpaired) electrons. The number of nitrogens with two attached hydrogens (primary N) is 1. The third-order valence-electron chi connectivity index (χ3n) is 4.80. The third kappa shape index (κ3) is 4.43. The zero-order valence-corrected chi connectivity index (χ0v) is 16.1. The molecule has 0 atom stereocenters. The summed E-state index contributed by atoms with van der Waals surface area (Å²) in [6.07, 6.45) is 0.599. The molecule has 1 saturated heterocycles. The molecule has 0 bridgehead atoms. The SMILES string of the molecule is NC(=O)C1CCN(S(=O)(=O)c2ccc(NC(=O)c3ccccc3F)c(F)c2)CC1. The fourth-order valence-electron chi connectivity index (χ4n) is 3.12. The Bertz CT molecular complexity index is 1050. The van der Waals surface area contributed by atoms with Crippen LogP contribution in [0.5, 0.6) is 0 Å². The number of hydrogen-bond acceptors (Lipinski definition) is 4. The first-order valence-electron chi connectivity index (χ1n) is 8.85. The number of rotatable bonds is 5. The number of amides is 2. The van der Waals surface area contributed by atoms with Gasteiger partial charge >= 0.3 is 0 Å². The summed E-state index contributed by atoms with van der Waals surface area (Å²) in [5.41, 5.74) is 4.71. The molecule has 1 fully saturated rings. The van der Waals surface area contributed by atoms with E-state index in [4.69, 9.17) is 5.73 Å². The molecule has 0 aromatic heterocycles. The zero-order chi connectivity index (χ0) is 21.2. The molecular formula is C19H19F2N3O4S. The van der Waals surface area contributed by atoms with E-state index in [-0.39, 0.29) is 35.2 Å². The Balaban J connectivity index is 1.76. The highest BCUT2D eigenvalue weighted by Crippen LogP contribution is 2.26. The van der Waals surface area contributed by atoms with Gasteiger partial charge in [-0.05, 0) is 43.2 Å². The van der Waals surface area contributed by atoms with Gasteiger partial charge in [0.2, 0.25) is 15.9 Å². The van der Waals surface area contributed by atoms with Crippen molar-refractivity contribution >= 4 is 27.5 Å². The van der Waals surface area contributed by atoms with Crippen LogP contribution in [0.25, 0.3) is 0 Å². The monoisotopic (exact) mass is 423 g/mol. The van der Waals surface area contributed by atoms with Crippen LogP contribution in [-0.2, 0) is 14.8 Å². The lowest BCUT2D eigenvalue weighted by atomic mass is 9.98. The van der Waals surface area contributed by atoms with Gasteiger partial charge in [0.1, 0.15) is 11.6 Å². The zero-order valence-electron chi connectivity index (χ0n) is 15.3. The molecule has 2 aromatic carbocycles.